The molecule has 1 N–H and O–H groups in total. The Hall–Kier alpha value is -1.39. The van der Waals surface area contributed by atoms with E-state index in [0.29, 0.717) is 28.6 Å². The van der Waals surface area contributed by atoms with Crippen LogP contribution in [-0.4, -0.2) is 11.5 Å². The zero-order valence-corrected chi connectivity index (χ0v) is 10.1. The Morgan fingerprint density at radius 1 is 1.47 bits per heavy atom. The van der Waals surface area contributed by atoms with Crippen molar-refractivity contribution in [3.63, 3.8) is 0 Å². The molecular formula is C12H12ClFN2O. The summed E-state index contributed by atoms with van der Waals surface area (Å²) in [5, 5.41) is 3.58. The SMILES string of the molecule is CCNCc1ncoc1-c1cc(Cl)ccc1F. The Bertz CT molecular complexity index is 513. The monoisotopic (exact) mass is 254 g/mol. The number of hydrogen-bond donors (Lipinski definition) is 1. The lowest BCUT2D eigenvalue weighted by atomic mass is 10.1. The van der Waals surface area contributed by atoms with Gasteiger partial charge in [-0.2, -0.15) is 0 Å². The zero-order valence-electron chi connectivity index (χ0n) is 9.34. The van der Waals surface area contributed by atoms with Gasteiger partial charge < -0.3 is 9.73 Å². The number of hydrogen-bond acceptors (Lipinski definition) is 3. The van der Waals surface area contributed by atoms with Crippen LogP contribution in [0.2, 0.25) is 5.02 Å². The van der Waals surface area contributed by atoms with Gasteiger partial charge in [0.05, 0.1) is 5.56 Å². The molecule has 90 valence electrons. The fourth-order valence-electron chi connectivity index (χ4n) is 1.53. The fraction of sp³-hybridized carbons (Fsp3) is 0.250. The van der Waals surface area contributed by atoms with Crippen LogP contribution in [0.15, 0.2) is 29.0 Å². The lowest BCUT2D eigenvalue weighted by Gasteiger charge is -2.03. The summed E-state index contributed by atoms with van der Waals surface area (Å²) in [5.41, 5.74) is 1.01. The van der Waals surface area contributed by atoms with Gasteiger partial charge in [-0.1, -0.05) is 18.5 Å². The van der Waals surface area contributed by atoms with Gasteiger partial charge in [0.2, 0.25) is 0 Å². The van der Waals surface area contributed by atoms with Crippen LogP contribution in [0.1, 0.15) is 12.6 Å². The first-order chi connectivity index (χ1) is 8.22. The largest absolute Gasteiger partial charge is 0.443 e. The normalized spacial score (nSPS) is 10.8. The van der Waals surface area contributed by atoms with E-state index in [-0.39, 0.29) is 5.82 Å². The summed E-state index contributed by atoms with van der Waals surface area (Å²) in [4.78, 5) is 4.06. The standard InChI is InChI=1S/C12H12ClFN2O/c1-2-15-6-11-12(17-7-16-11)9-5-8(13)3-4-10(9)14/h3-5,7,15H,2,6H2,1H3. The number of nitrogens with one attached hydrogen (secondary N) is 1. The second-order valence-electron chi connectivity index (χ2n) is 3.53. The summed E-state index contributed by atoms with van der Waals surface area (Å²) in [5.74, 6) is 0.0508. The molecule has 5 heteroatoms. The van der Waals surface area contributed by atoms with E-state index in [2.05, 4.69) is 10.3 Å². The highest BCUT2D eigenvalue weighted by atomic mass is 35.5. The Kier molecular flexibility index (Phi) is 3.76. The van der Waals surface area contributed by atoms with Crippen LogP contribution in [0, 0.1) is 5.82 Å². The number of oxazole rings is 1. The second-order valence-corrected chi connectivity index (χ2v) is 3.97. The van der Waals surface area contributed by atoms with Crippen LogP contribution in [-0.2, 0) is 6.54 Å². The number of nitrogens with zero attached hydrogens (tertiary/aromatic N) is 1. The molecule has 2 rings (SSSR count). The number of halogens is 2. The highest BCUT2D eigenvalue weighted by molar-refractivity contribution is 6.30. The van der Waals surface area contributed by atoms with Crippen molar-refractivity contribution in [3.8, 4) is 11.3 Å². The summed E-state index contributed by atoms with van der Waals surface area (Å²) in [6, 6.07) is 4.35. The molecule has 0 aliphatic heterocycles. The van der Waals surface area contributed by atoms with Crippen LogP contribution in [0.3, 0.4) is 0 Å². The zero-order chi connectivity index (χ0) is 12.3. The van der Waals surface area contributed by atoms with Crippen molar-refractivity contribution in [2.45, 2.75) is 13.5 Å². The average molecular weight is 255 g/mol. The van der Waals surface area contributed by atoms with Gasteiger partial charge in [-0.3, -0.25) is 0 Å². The van der Waals surface area contributed by atoms with Gasteiger partial charge in [-0.05, 0) is 24.7 Å². The maximum Gasteiger partial charge on any atom is 0.181 e. The van der Waals surface area contributed by atoms with Crippen LogP contribution in [0.4, 0.5) is 4.39 Å². The van der Waals surface area contributed by atoms with Crippen LogP contribution in [0.25, 0.3) is 11.3 Å². The van der Waals surface area contributed by atoms with Crippen molar-refractivity contribution in [1.82, 2.24) is 10.3 Å². The van der Waals surface area contributed by atoms with E-state index >= 15 is 0 Å². The van der Waals surface area contributed by atoms with Crippen molar-refractivity contribution in [3.05, 3.63) is 41.1 Å². The second kappa shape index (κ2) is 5.29. The topological polar surface area (TPSA) is 38.1 Å². The van der Waals surface area contributed by atoms with Gasteiger partial charge in [-0.25, -0.2) is 9.37 Å². The predicted octanol–water partition coefficient (Wildman–Crippen LogP) is 3.24. The van der Waals surface area contributed by atoms with Gasteiger partial charge in [-0.15, -0.1) is 0 Å². The highest BCUT2D eigenvalue weighted by Gasteiger charge is 2.14. The van der Waals surface area contributed by atoms with Crippen LogP contribution >= 0.6 is 11.6 Å². The minimum Gasteiger partial charge on any atom is -0.443 e. The molecule has 0 saturated heterocycles. The number of rotatable bonds is 4. The first-order valence-corrected chi connectivity index (χ1v) is 5.68. The van der Waals surface area contributed by atoms with E-state index < -0.39 is 0 Å². The maximum atomic E-state index is 13.7. The molecule has 0 aliphatic carbocycles. The van der Waals surface area contributed by atoms with Gasteiger partial charge in [0.15, 0.2) is 12.2 Å². The van der Waals surface area contributed by atoms with Gasteiger partial charge in [0.25, 0.3) is 0 Å². The van der Waals surface area contributed by atoms with Crippen molar-refractivity contribution >= 4 is 11.6 Å². The summed E-state index contributed by atoms with van der Waals surface area (Å²) >= 11 is 5.85. The predicted molar refractivity (Wildman–Crippen MR) is 64.3 cm³/mol. The number of aromatic nitrogens is 1. The third kappa shape index (κ3) is 2.65. The minimum atomic E-state index is -0.371. The summed E-state index contributed by atoms with van der Waals surface area (Å²) in [6.45, 7) is 3.33. The Morgan fingerprint density at radius 3 is 3.06 bits per heavy atom. The van der Waals surface area contributed by atoms with E-state index in [1.165, 1.54) is 24.6 Å². The summed E-state index contributed by atoms with van der Waals surface area (Å²) in [7, 11) is 0. The summed E-state index contributed by atoms with van der Waals surface area (Å²) < 4.78 is 18.9. The molecule has 1 heterocycles. The Balaban J connectivity index is 2.38. The lowest BCUT2D eigenvalue weighted by Crippen LogP contribution is -2.12. The average Bonchev–Trinajstić information content (AvgIpc) is 2.77. The fourth-order valence-corrected chi connectivity index (χ4v) is 1.70. The van der Waals surface area contributed by atoms with E-state index in [9.17, 15) is 4.39 Å². The molecule has 2 aromatic rings. The van der Waals surface area contributed by atoms with E-state index in [1.54, 1.807) is 0 Å². The molecule has 1 aromatic heterocycles. The van der Waals surface area contributed by atoms with Gasteiger partial charge in [0, 0.05) is 11.6 Å². The van der Waals surface area contributed by atoms with Gasteiger partial charge >= 0.3 is 0 Å². The molecule has 1 aromatic carbocycles. The maximum absolute atomic E-state index is 13.7. The third-order valence-corrected chi connectivity index (χ3v) is 2.59. The molecular weight excluding hydrogens is 243 g/mol. The molecule has 0 saturated carbocycles. The van der Waals surface area contributed by atoms with Crippen LogP contribution in [0.5, 0.6) is 0 Å². The lowest BCUT2D eigenvalue weighted by molar-refractivity contribution is 0.559. The minimum absolute atomic E-state index is 0.336. The van der Waals surface area contributed by atoms with Crippen molar-refractivity contribution in [2.75, 3.05) is 6.54 Å². The van der Waals surface area contributed by atoms with E-state index in [1.807, 2.05) is 6.92 Å². The van der Waals surface area contributed by atoms with E-state index in [4.69, 9.17) is 16.0 Å². The molecule has 0 amide bonds. The van der Waals surface area contributed by atoms with E-state index in [0.717, 1.165) is 6.54 Å². The van der Waals surface area contributed by atoms with Crippen molar-refractivity contribution in [1.29, 1.82) is 0 Å². The van der Waals surface area contributed by atoms with Gasteiger partial charge in [0.1, 0.15) is 11.5 Å². The molecule has 0 fully saturated rings. The molecule has 17 heavy (non-hydrogen) atoms. The molecule has 0 radical (unpaired) electrons. The quantitative estimate of drug-likeness (QED) is 0.910. The third-order valence-electron chi connectivity index (χ3n) is 2.36. The molecule has 3 nitrogen and oxygen atoms in total. The molecule has 0 spiro atoms. The first-order valence-electron chi connectivity index (χ1n) is 5.31. The van der Waals surface area contributed by atoms with Crippen LogP contribution < -0.4 is 5.32 Å². The first kappa shape index (κ1) is 12.1. The molecule has 0 bridgehead atoms. The smallest absolute Gasteiger partial charge is 0.181 e. The Morgan fingerprint density at radius 2 is 2.29 bits per heavy atom. The van der Waals surface area contributed by atoms with Crippen molar-refractivity contribution < 1.29 is 8.81 Å². The molecule has 0 atom stereocenters. The summed E-state index contributed by atoms with van der Waals surface area (Å²) in [6.07, 6.45) is 1.31. The molecule has 0 unspecified atom stereocenters. The molecule has 0 aliphatic rings. The Labute approximate surface area is 104 Å². The van der Waals surface area contributed by atoms with Crippen molar-refractivity contribution in [2.24, 2.45) is 0 Å². The number of benzene rings is 1. The highest BCUT2D eigenvalue weighted by Crippen LogP contribution is 2.28.